The molecule has 0 aliphatic rings. The van der Waals surface area contributed by atoms with Gasteiger partial charge >= 0.3 is 12.6 Å². The number of hydrogen-bond acceptors (Lipinski definition) is 3. The predicted molar refractivity (Wildman–Crippen MR) is 96.7 cm³/mol. The first-order chi connectivity index (χ1) is 13.1. The van der Waals surface area contributed by atoms with Crippen LogP contribution in [-0.4, -0.2) is 22.4 Å². The van der Waals surface area contributed by atoms with Crippen molar-refractivity contribution >= 4 is 11.7 Å². The quantitative estimate of drug-likeness (QED) is 0.662. The van der Waals surface area contributed by atoms with Gasteiger partial charge in [0.1, 0.15) is 5.75 Å². The van der Waals surface area contributed by atoms with Crippen LogP contribution in [-0.2, 0) is 13.1 Å². The molecule has 0 atom stereocenters. The van der Waals surface area contributed by atoms with Crippen molar-refractivity contribution in [1.29, 1.82) is 0 Å². The number of para-hydroxylation sites is 2. The van der Waals surface area contributed by atoms with Crippen LogP contribution in [0.5, 0.6) is 5.75 Å². The smallest absolute Gasteiger partial charge is 0.387 e. The van der Waals surface area contributed by atoms with Crippen molar-refractivity contribution in [2.45, 2.75) is 19.7 Å². The lowest BCUT2D eigenvalue weighted by Crippen LogP contribution is -2.29. The Bertz CT molecular complexity index is 885. The highest BCUT2D eigenvalue weighted by atomic mass is 19.3. The first-order valence-corrected chi connectivity index (χ1v) is 8.25. The Balaban J connectivity index is 1.62. The summed E-state index contributed by atoms with van der Waals surface area (Å²) in [6.07, 6.45) is 3.56. The average molecular weight is 372 g/mol. The molecule has 2 amide bonds. The molecule has 6 nitrogen and oxygen atoms in total. The van der Waals surface area contributed by atoms with Crippen LogP contribution in [0.25, 0.3) is 0 Å². The number of carbonyl (C=O) groups is 1. The number of benzene rings is 2. The number of carbonyl (C=O) groups excluding carboxylic acids is 1. The normalized spacial score (nSPS) is 10.6. The van der Waals surface area contributed by atoms with Gasteiger partial charge in [-0.2, -0.15) is 13.9 Å². The third-order valence-electron chi connectivity index (χ3n) is 3.80. The van der Waals surface area contributed by atoms with E-state index in [0.717, 1.165) is 11.1 Å². The third kappa shape index (κ3) is 5.27. The summed E-state index contributed by atoms with van der Waals surface area (Å²) in [6.45, 7) is -2.11. The molecule has 0 unspecified atom stereocenters. The summed E-state index contributed by atoms with van der Waals surface area (Å²) in [7, 11) is 0. The average Bonchev–Trinajstić information content (AvgIpc) is 3.15. The van der Waals surface area contributed by atoms with E-state index in [1.165, 1.54) is 12.1 Å². The number of anilines is 1. The molecule has 0 saturated carbocycles. The second-order valence-corrected chi connectivity index (χ2v) is 5.65. The number of nitrogens with one attached hydrogen (secondary N) is 2. The number of ether oxygens (including phenoxy) is 1. The number of halogens is 2. The van der Waals surface area contributed by atoms with Crippen LogP contribution in [0.4, 0.5) is 19.3 Å². The molecule has 1 heterocycles. The van der Waals surface area contributed by atoms with Crippen molar-refractivity contribution < 1.29 is 18.3 Å². The Kier molecular flexibility index (Phi) is 5.98. The lowest BCUT2D eigenvalue weighted by molar-refractivity contribution is -0.0493. The van der Waals surface area contributed by atoms with Gasteiger partial charge in [-0.25, -0.2) is 4.79 Å². The highest BCUT2D eigenvalue weighted by molar-refractivity contribution is 5.90. The molecule has 0 fully saturated rings. The van der Waals surface area contributed by atoms with E-state index in [9.17, 15) is 13.6 Å². The molecule has 0 aliphatic heterocycles. The van der Waals surface area contributed by atoms with Gasteiger partial charge in [-0.05, 0) is 29.3 Å². The summed E-state index contributed by atoms with van der Waals surface area (Å²) in [5.41, 5.74) is 2.11. The maximum Gasteiger partial charge on any atom is 0.387 e. The van der Waals surface area contributed by atoms with Crippen molar-refractivity contribution in [2.75, 3.05) is 5.32 Å². The molecule has 1 aromatic heterocycles. The Morgan fingerprint density at radius 1 is 1.07 bits per heavy atom. The van der Waals surface area contributed by atoms with E-state index < -0.39 is 12.6 Å². The fraction of sp³-hybridized carbons (Fsp3) is 0.158. The number of urea groups is 1. The lowest BCUT2D eigenvalue weighted by Gasteiger charge is -2.14. The van der Waals surface area contributed by atoms with Crippen LogP contribution >= 0.6 is 0 Å². The highest BCUT2D eigenvalue weighted by Crippen LogP contribution is 2.25. The molecule has 3 aromatic rings. The number of nitrogens with zero attached hydrogens (tertiary/aromatic N) is 2. The number of aromatic nitrogens is 2. The van der Waals surface area contributed by atoms with E-state index in [1.807, 2.05) is 36.5 Å². The van der Waals surface area contributed by atoms with Gasteiger partial charge in [0.05, 0.1) is 12.2 Å². The van der Waals surface area contributed by atoms with Crippen molar-refractivity contribution in [2.24, 2.45) is 0 Å². The molecular weight excluding hydrogens is 354 g/mol. The minimum Gasteiger partial charge on any atom is -0.433 e. The SMILES string of the molecule is O=C(NCc1ccccc1Cn1cccn1)Nc1ccccc1OC(F)F. The van der Waals surface area contributed by atoms with E-state index in [-0.39, 0.29) is 18.0 Å². The minimum atomic E-state index is -2.97. The Morgan fingerprint density at radius 3 is 2.56 bits per heavy atom. The topological polar surface area (TPSA) is 68.2 Å². The van der Waals surface area contributed by atoms with Crippen molar-refractivity contribution in [3.05, 3.63) is 78.1 Å². The number of hydrogen-bond donors (Lipinski definition) is 2. The molecule has 27 heavy (non-hydrogen) atoms. The van der Waals surface area contributed by atoms with E-state index in [4.69, 9.17) is 0 Å². The molecular formula is C19H18F2N4O2. The van der Waals surface area contributed by atoms with Gasteiger partial charge in [-0.15, -0.1) is 0 Å². The summed E-state index contributed by atoms with van der Waals surface area (Å²) in [5.74, 6) is -0.0956. The monoisotopic (exact) mass is 372 g/mol. The zero-order chi connectivity index (χ0) is 19.1. The molecule has 0 bridgehead atoms. The van der Waals surface area contributed by atoms with Gasteiger partial charge in [0.25, 0.3) is 0 Å². The zero-order valence-corrected chi connectivity index (χ0v) is 14.3. The van der Waals surface area contributed by atoms with Crippen LogP contribution in [0.2, 0.25) is 0 Å². The second kappa shape index (κ2) is 8.79. The maximum atomic E-state index is 12.4. The summed E-state index contributed by atoms with van der Waals surface area (Å²) >= 11 is 0. The fourth-order valence-corrected chi connectivity index (χ4v) is 2.56. The van der Waals surface area contributed by atoms with Crippen LogP contribution in [0, 0.1) is 0 Å². The number of rotatable bonds is 7. The number of alkyl halides is 2. The van der Waals surface area contributed by atoms with Gasteiger partial charge in [0.15, 0.2) is 0 Å². The molecule has 2 N–H and O–H groups in total. The highest BCUT2D eigenvalue weighted by Gasteiger charge is 2.12. The standard InChI is InChI=1S/C19H18F2N4O2/c20-18(21)27-17-9-4-3-8-16(17)24-19(26)22-12-14-6-1-2-7-15(14)13-25-11-5-10-23-25/h1-11,18H,12-13H2,(H2,22,24,26). The Hall–Kier alpha value is -3.42. The third-order valence-corrected chi connectivity index (χ3v) is 3.80. The van der Waals surface area contributed by atoms with Gasteiger partial charge in [-0.3, -0.25) is 4.68 Å². The van der Waals surface area contributed by atoms with Gasteiger partial charge < -0.3 is 15.4 Å². The summed E-state index contributed by atoms with van der Waals surface area (Å²) in [4.78, 5) is 12.2. The largest absolute Gasteiger partial charge is 0.433 e. The second-order valence-electron chi connectivity index (χ2n) is 5.65. The molecule has 0 radical (unpaired) electrons. The predicted octanol–water partition coefficient (Wildman–Crippen LogP) is 3.85. The summed E-state index contributed by atoms with van der Waals surface area (Å²) in [6, 6.07) is 15.0. The molecule has 140 valence electrons. The van der Waals surface area contributed by atoms with Gasteiger partial charge in [-0.1, -0.05) is 36.4 Å². The van der Waals surface area contributed by atoms with E-state index >= 15 is 0 Å². The molecule has 8 heteroatoms. The van der Waals surface area contributed by atoms with Gasteiger partial charge in [0, 0.05) is 18.9 Å². The zero-order valence-electron chi connectivity index (χ0n) is 14.3. The first kappa shape index (κ1) is 18.4. The summed E-state index contributed by atoms with van der Waals surface area (Å²) < 4.78 is 31.1. The minimum absolute atomic E-state index is 0.0956. The molecule has 0 aliphatic carbocycles. The van der Waals surface area contributed by atoms with Crippen molar-refractivity contribution in [1.82, 2.24) is 15.1 Å². The van der Waals surface area contributed by atoms with E-state index in [1.54, 1.807) is 23.0 Å². The van der Waals surface area contributed by atoms with Crippen molar-refractivity contribution in [3.63, 3.8) is 0 Å². The van der Waals surface area contributed by atoms with Crippen molar-refractivity contribution in [3.8, 4) is 5.75 Å². The van der Waals surface area contributed by atoms with Crippen LogP contribution in [0.15, 0.2) is 67.0 Å². The molecule has 0 saturated heterocycles. The van der Waals surface area contributed by atoms with Crippen LogP contribution in [0.1, 0.15) is 11.1 Å². The Labute approximate surface area is 154 Å². The molecule has 3 rings (SSSR count). The molecule has 2 aromatic carbocycles. The summed E-state index contributed by atoms with van der Waals surface area (Å²) in [5, 5.41) is 9.43. The maximum absolute atomic E-state index is 12.4. The van der Waals surface area contributed by atoms with E-state index in [0.29, 0.717) is 6.54 Å². The molecule has 0 spiro atoms. The van der Waals surface area contributed by atoms with Crippen LogP contribution < -0.4 is 15.4 Å². The van der Waals surface area contributed by atoms with E-state index in [2.05, 4.69) is 20.5 Å². The van der Waals surface area contributed by atoms with Crippen LogP contribution in [0.3, 0.4) is 0 Å². The Morgan fingerprint density at radius 2 is 1.81 bits per heavy atom. The fourth-order valence-electron chi connectivity index (χ4n) is 2.56. The number of amides is 2. The van der Waals surface area contributed by atoms with Gasteiger partial charge in [0.2, 0.25) is 0 Å². The lowest BCUT2D eigenvalue weighted by atomic mass is 10.1. The first-order valence-electron chi connectivity index (χ1n) is 8.25.